The summed E-state index contributed by atoms with van der Waals surface area (Å²) in [5.41, 5.74) is 2.50. The van der Waals surface area contributed by atoms with Crippen molar-refractivity contribution in [1.29, 1.82) is 0 Å². The van der Waals surface area contributed by atoms with E-state index in [4.69, 9.17) is 0 Å². The van der Waals surface area contributed by atoms with Gasteiger partial charge in [0, 0.05) is 37.4 Å². The van der Waals surface area contributed by atoms with Crippen molar-refractivity contribution in [2.75, 3.05) is 43.4 Å². The van der Waals surface area contributed by atoms with E-state index in [9.17, 15) is 9.18 Å². The molecule has 4 nitrogen and oxygen atoms in total. The maximum atomic E-state index is 14.8. The van der Waals surface area contributed by atoms with Crippen LogP contribution in [-0.4, -0.2) is 44.0 Å². The molecule has 0 aliphatic carbocycles. The van der Waals surface area contributed by atoms with Gasteiger partial charge in [0.15, 0.2) is 5.82 Å². The van der Waals surface area contributed by atoms with Gasteiger partial charge in [0.2, 0.25) is 0 Å². The smallest absolute Gasteiger partial charge is 0.255 e. The molecule has 1 heterocycles. The summed E-state index contributed by atoms with van der Waals surface area (Å²) in [4.78, 5) is 16.7. The second kappa shape index (κ2) is 7.54. The number of likely N-dealkylation sites (N-methyl/N-ethyl adjacent to an activating group) is 1. The zero-order valence-electron chi connectivity index (χ0n) is 14.4. The number of hydrogen-bond acceptors (Lipinski definition) is 3. The predicted octanol–water partition coefficient (Wildman–Crippen LogP) is 3.90. The minimum atomic E-state index is -0.278. The Balaban J connectivity index is 1.91. The van der Waals surface area contributed by atoms with Crippen molar-refractivity contribution in [3.8, 4) is 0 Å². The minimum absolute atomic E-state index is 0.202. The van der Waals surface area contributed by atoms with Crippen LogP contribution in [0.3, 0.4) is 0 Å². The fourth-order valence-corrected chi connectivity index (χ4v) is 3.44. The van der Waals surface area contributed by atoms with Gasteiger partial charge in [-0.1, -0.05) is 18.2 Å². The largest absolute Gasteiger partial charge is 0.366 e. The lowest BCUT2D eigenvalue weighted by Gasteiger charge is -2.35. The Hall–Kier alpha value is -1.92. The van der Waals surface area contributed by atoms with E-state index >= 15 is 0 Å². The van der Waals surface area contributed by atoms with E-state index in [1.165, 1.54) is 0 Å². The molecule has 1 fully saturated rings. The zero-order valence-corrected chi connectivity index (χ0v) is 15.9. The third kappa shape index (κ3) is 3.85. The monoisotopic (exact) mass is 405 g/mol. The highest BCUT2D eigenvalue weighted by Crippen LogP contribution is 2.36. The van der Waals surface area contributed by atoms with E-state index < -0.39 is 0 Å². The van der Waals surface area contributed by atoms with E-state index in [2.05, 4.69) is 33.2 Å². The van der Waals surface area contributed by atoms with Gasteiger partial charge in [0.05, 0.1) is 10.2 Å². The molecule has 2 aromatic rings. The Bertz CT molecular complexity index is 774. The summed E-state index contributed by atoms with van der Waals surface area (Å²) in [6.07, 6.45) is 0. The summed E-state index contributed by atoms with van der Waals surface area (Å²) < 4.78 is 15.1. The molecule has 1 amide bonds. The molecule has 0 unspecified atom stereocenters. The molecule has 0 spiro atoms. The molecule has 0 atom stereocenters. The number of piperazine rings is 1. The number of carbonyl (C=O) groups is 1. The van der Waals surface area contributed by atoms with Crippen LogP contribution in [0.1, 0.15) is 15.9 Å². The summed E-state index contributed by atoms with van der Waals surface area (Å²) in [5.74, 6) is -0.480. The number of anilines is 2. The number of rotatable bonds is 3. The molecule has 6 heteroatoms. The van der Waals surface area contributed by atoms with Crippen molar-refractivity contribution >= 4 is 33.2 Å². The van der Waals surface area contributed by atoms with Gasteiger partial charge >= 0.3 is 0 Å². The van der Waals surface area contributed by atoms with Gasteiger partial charge in [0.1, 0.15) is 0 Å². The third-order valence-electron chi connectivity index (χ3n) is 4.55. The highest BCUT2D eigenvalue weighted by atomic mass is 79.9. The molecule has 1 aliphatic rings. The molecule has 1 N–H and O–H groups in total. The maximum Gasteiger partial charge on any atom is 0.255 e. The van der Waals surface area contributed by atoms with Crippen LogP contribution >= 0.6 is 15.9 Å². The third-order valence-corrected chi connectivity index (χ3v) is 5.13. The Morgan fingerprint density at radius 1 is 1.16 bits per heavy atom. The van der Waals surface area contributed by atoms with Crippen LogP contribution in [0.4, 0.5) is 15.8 Å². The van der Waals surface area contributed by atoms with Gasteiger partial charge in [-0.25, -0.2) is 4.39 Å². The summed E-state index contributed by atoms with van der Waals surface area (Å²) in [6.45, 7) is 5.14. The van der Waals surface area contributed by atoms with Crippen LogP contribution in [0.25, 0.3) is 0 Å². The average molecular weight is 406 g/mol. The highest BCUT2D eigenvalue weighted by molar-refractivity contribution is 9.10. The van der Waals surface area contributed by atoms with Crippen LogP contribution in [0, 0.1) is 12.7 Å². The lowest BCUT2D eigenvalue weighted by molar-refractivity contribution is 0.102. The molecule has 2 aromatic carbocycles. The van der Waals surface area contributed by atoms with Gasteiger partial charge < -0.3 is 15.1 Å². The zero-order chi connectivity index (χ0) is 18.0. The van der Waals surface area contributed by atoms with E-state index in [0.717, 1.165) is 31.7 Å². The molecular formula is C19H21BrFN3O. The fourth-order valence-electron chi connectivity index (χ4n) is 3.02. The van der Waals surface area contributed by atoms with Crippen LogP contribution in [0.5, 0.6) is 0 Å². The van der Waals surface area contributed by atoms with Crippen molar-refractivity contribution in [3.63, 3.8) is 0 Å². The number of carbonyl (C=O) groups excluding carboxylic acids is 1. The second-order valence-corrected chi connectivity index (χ2v) is 7.16. The van der Waals surface area contributed by atoms with E-state index in [1.54, 1.807) is 18.2 Å². The van der Waals surface area contributed by atoms with Crippen LogP contribution in [0.2, 0.25) is 0 Å². The molecule has 1 saturated heterocycles. The Morgan fingerprint density at radius 3 is 2.44 bits per heavy atom. The first-order valence-corrected chi connectivity index (χ1v) is 9.05. The quantitative estimate of drug-likeness (QED) is 0.840. The normalized spacial score (nSPS) is 15.3. The Labute approximate surface area is 155 Å². The molecule has 0 bridgehead atoms. The number of hydrogen-bond donors (Lipinski definition) is 1. The number of amides is 1. The van der Waals surface area contributed by atoms with Crippen LogP contribution in [-0.2, 0) is 0 Å². The lowest BCUT2D eigenvalue weighted by Crippen LogP contribution is -2.45. The maximum absolute atomic E-state index is 14.8. The second-order valence-electron chi connectivity index (χ2n) is 6.30. The van der Waals surface area contributed by atoms with Crippen molar-refractivity contribution in [2.24, 2.45) is 0 Å². The molecule has 3 rings (SSSR count). The predicted molar refractivity (Wildman–Crippen MR) is 103 cm³/mol. The van der Waals surface area contributed by atoms with Crippen molar-refractivity contribution in [2.45, 2.75) is 6.92 Å². The first kappa shape index (κ1) is 17.9. The van der Waals surface area contributed by atoms with Gasteiger partial charge in [-0.05, 0) is 53.7 Å². The first-order valence-electron chi connectivity index (χ1n) is 8.26. The SMILES string of the molecule is Cc1c(NC(=O)c2ccccc2)cc(Br)c(F)c1N1CCN(C)CC1. The summed E-state index contributed by atoms with van der Waals surface area (Å²) in [7, 11) is 2.06. The molecule has 0 radical (unpaired) electrons. The Morgan fingerprint density at radius 2 is 1.80 bits per heavy atom. The van der Waals surface area contributed by atoms with Gasteiger partial charge in [0.25, 0.3) is 5.91 Å². The van der Waals surface area contributed by atoms with Crippen LogP contribution in [0.15, 0.2) is 40.9 Å². The molecule has 0 saturated carbocycles. The van der Waals surface area contributed by atoms with Crippen molar-refractivity contribution in [1.82, 2.24) is 4.90 Å². The number of nitrogens with zero attached hydrogens (tertiary/aromatic N) is 2. The van der Waals surface area contributed by atoms with Gasteiger partial charge in [-0.3, -0.25) is 4.79 Å². The first-order chi connectivity index (χ1) is 12.0. The van der Waals surface area contributed by atoms with Crippen LogP contribution < -0.4 is 10.2 Å². The van der Waals surface area contributed by atoms with E-state index in [-0.39, 0.29) is 11.7 Å². The number of halogens is 2. The molecule has 132 valence electrons. The highest BCUT2D eigenvalue weighted by Gasteiger charge is 2.23. The molecule has 0 aromatic heterocycles. The lowest BCUT2D eigenvalue weighted by atomic mass is 10.1. The van der Waals surface area contributed by atoms with Crippen molar-refractivity contribution in [3.05, 3.63) is 57.8 Å². The minimum Gasteiger partial charge on any atom is -0.366 e. The van der Waals surface area contributed by atoms with E-state index in [0.29, 0.717) is 21.4 Å². The molecule has 25 heavy (non-hydrogen) atoms. The van der Waals surface area contributed by atoms with E-state index in [1.807, 2.05) is 30.0 Å². The molecule has 1 aliphatic heterocycles. The topological polar surface area (TPSA) is 35.6 Å². The average Bonchev–Trinajstić information content (AvgIpc) is 2.62. The standard InChI is InChI=1S/C19H21BrFN3O/c1-13-16(22-19(25)14-6-4-3-5-7-14)12-15(20)17(21)18(13)24-10-8-23(2)9-11-24/h3-7,12H,8-11H2,1-2H3,(H,22,25). The molecular weight excluding hydrogens is 385 g/mol. The fraction of sp³-hybridized carbons (Fsp3) is 0.316. The Kier molecular flexibility index (Phi) is 5.39. The van der Waals surface area contributed by atoms with Crippen molar-refractivity contribution < 1.29 is 9.18 Å². The van der Waals surface area contributed by atoms with Gasteiger partial charge in [-0.2, -0.15) is 0 Å². The summed E-state index contributed by atoms with van der Waals surface area (Å²) in [6, 6.07) is 10.6. The number of benzene rings is 2. The van der Waals surface area contributed by atoms with Gasteiger partial charge in [-0.15, -0.1) is 0 Å². The number of nitrogens with one attached hydrogen (secondary N) is 1. The summed E-state index contributed by atoms with van der Waals surface area (Å²) >= 11 is 3.29. The summed E-state index contributed by atoms with van der Waals surface area (Å²) in [5, 5.41) is 2.91.